The van der Waals surface area contributed by atoms with E-state index in [9.17, 15) is 0 Å². The van der Waals surface area contributed by atoms with Gasteiger partial charge in [-0.05, 0) is 75.9 Å². The Kier molecular flexibility index (Phi) is 5.55. The number of likely N-dealkylation sites (tertiary alicyclic amines) is 1. The van der Waals surface area contributed by atoms with Gasteiger partial charge < -0.3 is 4.90 Å². The molecule has 0 aromatic heterocycles. The summed E-state index contributed by atoms with van der Waals surface area (Å²) in [4.78, 5) is 5.24. The van der Waals surface area contributed by atoms with Crippen LogP contribution in [0.4, 0.5) is 0 Å². The molecule has 0 spiro atoms. The number of rotatable bonds is 5. The van der Waals surface area contributed by atoms with Gasteiger partial charge >= 0.3 is 0 Å². The Labute approximate surface area is 142 Å². The van der Waals surface area contributed by atoms with Gasteiger partial charge in [0.2, 0.25) is 0 Å². The van der Waals surface area contributed by atoms with Crippen LogP contribution in [0.1, 0.15) is 61.8 Å². The molecule has 126 valence electrons. The number of hydrogen-bond donors (Lipinski definition) is 0. The second-order valence-corrected chi connectivity index (χ2v) is 7.48. The van der Waals surface area contributed by atoms with E-state index in [1.807, 2.05) is 0 Å². The predicted octanol–water partition coefficient (Wildman–Crippen LogP) is 4.51. The summed E-state index contributed by atoms with van der Waals surface area (Å²) in [5.74, 6) is 0. The molecule has 0 bridgehead atoms. The van der Waals surface area contributed by atoms with Crippen LogP contribution in [-0.4, -0.2) is 43.0 Å². The number of fused-ring (bicyclic) bond motifs is 1. The zero-order valence-electron chi connectivity index (χ0n) is 15.0. The van der Waals surface area contributed by atoms with E-state index in [1.54, 1.807) is 11.1 Å². The van der Waals surface area contributed by atoms with Gasteiger partial charge in [0.25, 0.3) is 0 Å². The Morgan fingerprint density at radius 3 is 2.74 bits per heavy atom. The summed E-state index contributed by atoms with van der Waals surface area (Å²) in [6, 6.07) is 7.60. The maximum absolute atomic E-state index is 4.09. The standard InChI is InChI=1S/C21H32N2/c1-17(2)18-10-11-20-19(16-18)8-7-9-21(20)22(3)14-15-23-12-5-4-6-13-23/h10-11,16,21H,1,4-9,12-15H2,2-3H3. The third kappa shape index (κ3) is 4.05. The van der Waals surface area contributed by atoms with Crippen molar-refractivity contribution in [2.75, 3.05) is 33.2 Å². The molecule has 1 saturated heterocycles. The second-order valence-electron chi connectivity index (χ2n) is 7.48. The largest absolute Gasteiger partial charge is 0.302 e. The van der Waals surface area contributed by atoms with Gasteiger partial charge in [-0.15, -0.1) is 0 Å². The predicted molar refractivity (Wildman–Crippen MR) is 99.8 cm³/mol. The van der Waals surface area contributed by atoms with Crippen molar-refractivity contribution in [1.29, 1.82) is 0 Å². The molecule has 1 aromatic rings. The molecule has 3 rings (SSSR count). The summed E-state index contributed by atoms with van der Waals surface area (Å²) < 4.78 is 0. The lowest BCUT2D eigenvalue weighted by molar-refractivity contribution is 0.162. The van der Waals surface area contributed by atoms with Crippen LogP contribution in [-0.2, 0) is 6.42 Å². The van der Waals surface area contributed by atoms with Gasteiger partial charge in [-0.3, -0.25) is 4.90 Å². The normalized spacial score (nSPS) is 22.1. The third-order valence-electron chi connectivity index (χ3n) is 5.67. The Balaban J connectivity index is 1.65. The molecule has 1 heterocycles. The van der Waals surface area contributed by atoms with Crippen LogP contribution in [0, 0.1) is 0 Å². The minimum atomic E-state index is 0.600. The number of nitrogens with zero attached hydrogens (tertiary/aromatic N) is 2. The summed E-state index contributed by atoms with van der Waals surface area (Å²) in [5, 5.41) is 0. The smallest absolute Gasteiger partial charge is 0.0348 e. The van der Waals surface area contributed by atoms with Crippen molar-refractivity contribution in [3.8, 4) is 0 Å². The van der Waals surface area contributed by atoms with E-state index in [0.29, 0.717) is 6.04 Å². The van der Waals surface area contributed by atoms with E-state index in [1.165, 1.54) is 75.8 Å². The minimum Gasteiger partial charge on any atom is -0.302 e. The van der Waals surface area contributed by atoms with Crippen molar-refractivity contribution in [3.63, 3.8) is 0 Å². The Bertz CT molecular complexity index is 543. The third-order valence-corrected chi connectivity index (χ3v) is 5.67. The molecule has 2 heteroatoms. The van der Waals surface area contributed by atoms with Crippen molar-refractivity contribution in [3.05, 3.63) is 41.5 Å². The van der Waals surface area contributed by atoms with E-state index in [0.717, 1.165) is 0 Å². The Hall–Kier alpha value is -1.12. The van der Waals surface area contributed by atoms with Crippen molar-refractivity contribution in [2.24, 2.45) is 0 Å². The molecule has 1 aliphatic carbocycles. The van der Waals surface area contributed by atoms with E-state index in [-0.39, 0.29) is 0 Å². The van der Waals surface area contributed by atoms with E-state index < -0.39 is 0 Å². The van der Waals surface area contributed by atoms with E-state index in [2.05, 4.69) is 48.5 Å². The first-order chi connectivity index (χ1) is 11.1. The van der Waals surface area contributed by atoms with Gasteiger partial charge in [0.05, 0.1) is 0 Å². The molecule has 2 aliphatic rings. The van der Waals surface area contributed by atoms with E-state index in [4.69, 9.17) is 0 Å². The Morgan fingerprint density at radius 1 is 1.22 bits per heavy atom. The van der Waals surface area contributed by atoms with Crippen LogP contribution in [0.25, 0.3) is 5.57 Å². The zero-order valence-corrected chi connectivity index (χ0v) is 15.0. The summed E-state index contributed by atoms with van der Waals surface area (Å²) in [5.41, 5.74) is 5.59. The molecule has 1 fully saturated rings. The minimum absolute atomic E-state index is 0.600. The molecular formula is C21H32N2. The van der Waals surface area contributed by atoms with Crippen molar-refractivity contribution >= 4 is 5.57 Å². The molecule has 1 unspecified atom stereocenters. The highest BCUT2D eigenvalue weighted by molar-refractivity contribution is 5.62. The summed E-state index contributed by atoms with van der Waals surface area (Å²) >= 11 is 0. The maximum atomic E-state index is 4.09. The first-order valence-corrected chi connectivity index (χ1v) is 9.36. The number of hydrogen-bond acceptors (Lipinski definition) is 2. The van der Waals surface area contributed by atoms with Gasteiger partial charge in [0.1, 0.15) is 0 Å². The molecule has 0 amide bonds. The van der Waals surface area contributed by atoms with Gasteiger partial charge in [-0.1, -0.05) is 36.8 Å². The molecular weight excluding hydrogens is 280 g/mol. The molecule has 0 N–H and O–H groups in total. The Morgan fingerprint density at radius 2 is 2.00 bits per heavy atom. The van der Waals surface area contributed by atoms with Gasteiger partial charge in [-0.2, -0.15) is 0 Å². The van der Waals surface area contributed by atoms with Crippen LogP contribution in [0.5, 0.6) is 0 Å². The highest BCUT2D eigenvalue weighted by Crippen LogP contribution is 2.34. The maximum Gasteiger partial charge on any atom is 0.0348 e. The van der Waals surface area contributed by atoms with Crippen LogP contribution in [0.3, 0.4) is 0 Å². The number of benzene rings is 1. The molecule has 0 radical (unpaired) electrons. The fourth-order valence-corrected chi connectivity index (χ4v) is 4.15. The summed E-state index contributed by atoms with van der Waals surface area (Å²) in [6.07, 6.45) is 8.04. The molecule has 1 aromatic carbocycles. The highest BCUT2D eigenvalue weighted by atomic mass is 15.2. The SMILES string of the molecule is C=C(C)c1ccc2c(c1)CCCC2N(C)CCN1CCCCC1. The average molecular weight is 313 g/mol. The van der Waals surface area contributed by atoms with Crippen molar-refractivity contribution in [2.45, 2.75) is 51.5 Å². The van der Waals surface area contributed by atoms with Crippen LogP contribution < -0.4 is 0 Å². The van der Waals surface area contributed by atoms with Crippen molar-refractivity contribution < 1.29 is 0 Å². The number of allylic oxidation sites excluding steroid dienone is 1. The molecule has 1 atom stereocenters. The monoisotopic (exact) mass is 312 g/mol. The quantitative estimate of drug-likeness (QED) is 0.789. The lowest BCUT2D eigenvalue weighted by atomic mass is 9.85. The topological polar surface area (TPSA) is 6.48 Å². The number of piperidine rings is 1. The van der Waals surface area contributed by atoms with Gasteiger partial charge in [-0.25, -0.2) is 0 Å². The second kappa shape index (κ2) is 7.63. The first-order valence-electron chi connectivity index (χ1n) is 9.36. The lowest BCUT2D eigenvalue weighted by Crippen LogP contribution is -2.38. The van der Waals surface area contributed by atoms with Crippen LogP contribution >= 0.6 is 0 Å². The lowest BCUT2D eigenvalue weighted by Gasteiger charge is -2.35. The van der Waals surface area contributed by atoms with Gasteiger partial charge in [0.15, 0.2) is 0 Å². The highest BCUT2D eigenvalue weighted by Gasteiger charge is 2.24. The van der Waals surface area contributed by atoms with Crippen LogP contribution in [0.15, 0.2) is 24.8 Å². The fraction of sp³-hybridized carbons (Fsp3) is 0.619. The molecule has 1 aliphatic heterocycles. The fourth-order valence-electron chi connectivity index (χ4n) is 4.15. The molecule has 23 heavy (non-hydrogen) atoms. The van der Waals surface area contributed by atoms with Gasteiger partial charge in [0, 0.05) is 19.1 Å². The van der Waals surface area contributed by atoms with Crippen LogP contribution in [0.2, 0.25) is 0 Å². The van der Waals surface area contributed by atoms with Crippen molar-refractivity contribution in [1.82, 2.24) is 9.80 Å². The van der Waals surface area contributed by atoms with E-state index >= 15 is 0 Å². The average Bonchev–Trinajstić information content (AvgIpc) is 2.59. The number of likely N-dealkylation sites (N-methyl/N-ethyl adjacent to an activating group) is 1. The zero-order chi connectivity index (χ0) is 16.2. The summed E-state index contributed by atoms with van der Waals surface area (Å²) in [6.45, 7) is 11.2. The summed E-state index contributed by atoms with van der Waals surface area (Å²) in [7, 11) is 2.32. The number of aryl methyl sites for hydroxylation is 1. The first kappa shape index (κ1) is 16.7. The molecule has 2 nitrogen and oxygen atoms in total. The molecule has 0 saturated carbocycles.